The van der Waals surface area contributed by atoms with Gasteiger partial charge in [0.15, 0.2) is 0 Å². The van der Waals surface area contributed by atoms with E-state index in [1.807, 2.05) is 7.11 Å². The van der Waals surface area contributed by atoms with Gasteiger partial charge in [0.2, 0.25) is 0 Å². The van der Waals surface area contributed by atoms with Crippen LogP contribution < -0.4 is 5.32 Å². The summed E-state index contributed by atoms with van der Waals surface area (Å²) in [4.78, 5) is 2.57. The lowest BCUT2D eigenvalue weighted by atomic mass is 9.91. The third-order valence-electron chi connectivity index (χ3n) is 3.42. The average molecular weight is 184 g/mol. The molecule has 1 N–H and O–H groups in total. The Morgan fingerprint density at radius 1 is 1.38 bits per heavy atom. The number of hydrogen-bond acceptors (Lipinski definition) is 3. The molecule has 76 valence electrons. The summed E-state index contributed by atoms with van der Waals surface area (Å²) in [7, 11) is 1.81. The second kappa shape index (κ2) is 3.95. The molecule has 13 heavy (non-hydrogen) atoms. The molecule has 2 aliphatic heterocycles. The van der Waals surface area contributed by atoms with Gasteiger partial charge in [-0.15, -0.1) is 0 Å². The Bertz CT molecular complexity index is 168. The monoisotopic (exact) mass is 184 g/mol. The van der Waals surface area contributed by atoms with Gasteiger partial charge in [0, 0.05) is 26.2 Å². The fourth-order valence-corrected chi connectivity index (χ4v) is 2.43. The van der Waals surface area contributed by atoms with Gasteiger partial charge in [-0.05, 0) is 25.4 Å². The van der Waals surface area contributed by atoms with Crippen molar-refractivity contribution in [3.8, 4) is 0 Å². The topological polar surface area (TPSA) is 24.5 Å². The quantitative estimate of drug-likeness (QED) is 0.668. The summed E-state index contributed by atoms with van der Waals surface area (Å²) in [5.41, 5.74) is 0. The van der Waals surface area contributed by atoms with Crippen LogP contribution in [0.4, 0.5) is 0 Å². The highest BCUT2D eigenvalue weighted by atomic mass is 16.5. The maximum Gasteiger partial charge on any atom is 0.0825 e. The van der Waals surface area contributed by atoms with Gasteiger partial charge in [-0.2, -0.15) is 0 Å². The van der Waals surface area contributed by atoms with Crippen LogP contribution in [0.3, 0.4) is 0 Å². The molecular weight excluding hydrogens is 164 g/mol. The van der Waals surface area contributed by atoms with Crippen LogP contribution >= 0.6 is 0 Å². The van der Waals surface area contributed by atoms with Crippen molar-refractivity contribution < 1.29 is 4.74 Å². The Balaban J connectivity index is 1.80. The minimum absolute atomic E-state index is 0.502. The average Bonchev–Trinajstić information content (AvgIpc) is 2.06. The Kier molecular flexibility index (Phi) is 2.86. The molecule has 0 amide bonds. The van der Waals surface area contributed by atoms with Crippen molar-refractivity contribution in [3.05, 3.63) is 0 Å². The SMILES string of the molecule is COC1CN(C2CCNCC2C)C1. The molecule has 2 fully saturated rings. The van der Waals surface area contributed by atoms with Crippen LogP contribution in [0, 0.1) is 5.92 Å². The fourth-order valence-electron chi connectivity index (χ4n) is 2.43. The van der Waals surface area contributed by atoms with E-state index in [-0.39, 0.29) is 0 Å². The normalized spacial score (nSPS) is 37.4. The first kappa shape index (κ1) is 9.44. The second-order valence-corrected chi connectivity index (χ2v) is 4.35. The molecule has 2 atom stereocenters. The third-order valence-corrected chi connectivity index (χ3v) is 3.42. The van der Waals surface area contributed by atoms with E-state index < -0.39 is 0 Å². The summed E-state index contributed by atoms with van der Waals surface area (Å²) >= 11 is 0. The number of ether oxygens (including phenoxy) is 1. The molecule has 2 heterocycles. The van der Waals surface area contributed by atoms with E-state index in [9.17, 15) is 0 Å². The molecule has 0 bridgehead atoms. The maximum atomic E-state index is 5.29. The second-order valence-electron chi connectivity index (χ2n) is 4.35. The zero-order valence-corrected chi connectivity index (χ0v) is 8.62. The molecule has 0 aromatic carbocycles. The molecule has 2 unspecified atom stereocenters. The van der Waals surface area contributed by atoms with Gasteiger partial charge in [0.1, 0.15) is 0 Å². The Morgan fingerprint density at radius 2 is 2.15 bits per heavy atom. The van der Waals surface area contributed by atoms with E-state index in [2.05, 4.69) is 17.1 Å². The molecule has 0 aromatic rings. The summed E-state index contributed by atoms with van der Waals surface area (Å²) in [6.45, 7) is 7.00. The van der Waals surface area contributed by atoms with Crippen LogP contribution in [-0.2, 0) is 4.74 Å². The van der Waals surface area contributed by atoms with E-state index in [1.165, 1.54) is 19.5 Å². The highest BCUT2D eigenvalue weighted by Crippen LogP contribution is 2.23. The van der Waals surface area contributed by atoms with Crippen LogP contribution in [0.5, 0.6) is 0 Å². The van der Waals surface area contributed by atoms with Crippen LogP contribution in [-0.4, -0.2) is 50.3 Å². The number of methoxy groups -OCH3 is 1. The smallest absolute Gasteiger partial charge is 0.0825 e. The van der Waals surface area contributed by atoms with E-state index in [1.54, 1.807) is 0 Å². The van der Waals surface area contributed by atoms with Crippen molar-refractivity contribution in [1.82, 2.24) is 10.2 Å². The molecule has 0 aliphatic carbocycles. The molecule has 0 saturated carbocycles. The predicted molar refractivity (Wildman–Crippen MR) is 52.8 cm³/mol. The van der Waals surface area contributed by atoms with Crippen molar-refractivity contribution in [3.63, 3.8) is 0 Å². The number of hydrogen-bond donors (Lipinski definition) is 1. The standard InChI is InChI=1S/C10H20N2O/c1-8-5-11-4-3-10(8)12-6-9(7-12)13-2/h8-11H,3-7H2,1-2H3. The summed E-state index contributed by atoms with van der Waals surface area (Å²) in [5, 5.41) is 3.43. The molecule has 3 heteroatoms. The fraction of sp³-hybridized carbons (Fsp3) is 1.00. The van der Waals surface area contributed by atoms with Gasteiger partial charge in [0.05, 0.1) is 6.10 Å². The number of piperidine rings is 1. The molecular formula is C10H20N2O. The summed E-state index contributed by atoms with van der Waals surface area (Å²) in [5.74, 6) is 0.798. The summed E-state index contributed by atoms with van der Waals surface area (Å²) in [6, 6.07) is 0.799. The van der Waals surface area contributed by atoms with Gasteiger partial charge in [0.25, 0.3) is 0 Å². The van der Waals surface area contributed by atoms with Gasteiger partial charge in [-0.25, -0.2) is 0 Å². The first-order valence-corrected chi connectivity index (χ1v) is 5.29. The van der Waals surface area contributed by atoms with Crippen LogP contribution in [0.1, 0.15) is 13.3 Å². The number of likely N-dealkylation sites (tertiary alicyclic amines) is 1. The van der Waals surface area contributed by atoms with Crippen LogP contribution in [0.2, 0.25) is 0 Å². The van der Waals surface area contributed by atoms with Crippen LogP contribution in [0.25, 0.3) is 0 Å². The highest BCUT2D eigenvalue weighted by Gasteiger charge is 2.35. The first-order chi connectivity index (χ1) is 6.31. The minimum atomic E-state index is 0.502. The highest BCUT2D eigenvalue weighted by molar-refractivity contribution is 4.91. The first-order valence-electron chi connectivity index (χ1n) is 5.29. The lowest BCUT2D eigenvalue weighted by Crippen LogP contribution is -2.60. The van der Waals surface area contributed by atoms with Crippen molar-refractivity contribution in [2.24, 2.45) is 5.92 Å². The van der Waals surface area contributed by atoms with Crippen molar-refractivity contribution in [2.75, 3.05) is 33.3 Å². The molecule has 0 radical (unpaired) electrons. The molecule has 3 nitrogen and oxygen atoms in total. The Labute approximate surface area is 80.4 Å². The number of nitrogens with one attached hydrogen (secondary N) is 1. The van der Waals surface area contributed by atoms with Crippen molar-refractivity contribution in [1.29, 1.82) is 0 Å². The van der Waals surface area contributed by atoms with Gasteiger partial charge in [-0.1, -0.05) is 6.92 Å². The molecule has 0 spiro atoms. The third kappa shape index (κ3) is 1.87. The summed E-state index contributed by atoms with van der Waals surface area (Å²) in [6.07, 6.45) is 1.81. The molecule has 2 saturated heterocycles. The molecule has 0 aromatic heterocycles. The largest absolute Gasteiger partial charge is 0.379 e. The summed E-state index contributed by atoms with van der Waals surface area (Å²) < 4.78 is 5.29. The lowest BCUT2D eigenvalue weighted by molar-refractivity contribution is -0.0657. The van der Waals surface area contributed by atoms with Crippen molar-refractivity contribution in [2.45, 2.75) is 25.5 Å². The van der Waals surface area contributed by atoms with E-state index in [0.717, 1.165) is 25.0 Å². The minimum Gasteiger partial charge on any atom is -0.379 e. The van der Waals surface area contributed by atoms with Gasteiger partial charge < -0.3 is 10.1 Å². The van der Waals surface area contributed by atoms with Crippen LogP contribution in [0.15, 0.2) is 0 Å². The number of nitrogens with zero attached hydrogens (tertiary/aromatic N) is 1. The van der Waals surface area contributed by atoms with Gasteiger partial charge >= 0.3 is 0 Å². The van der Waals surface area contributed by atoms with E-state index >= 15 is 0 Å². The lowest BCUT2D eigenvalue weighted by Gasteiger charge is -2.47. The van der Waals surface area contributed by atoms with E-state index in [0.29, 0.717) is 6.10 Å². The Morgan fingerprint density at radius 3 is 2.77 bits per heavy atom. The van der Waals surface area contributed by atoms with E-state index in [4.69, 9.17) is 4.74 Å². The Hall–Kier alpha value is -0.120. The van der Waals surface area contributed by atoms with Gasteiger partial charge in [-0.3, -0.25) is 4.90 Å². The van der Waals surface area contributed by atoms with Crippen molar-refractivity contribution >= 4 is 0 Å². The molecule has 2 rings (SSSR count). The zero-order chi connectivity index (χ0) is 9.26. The number of rotatable bonds is 2. The maximum absolute atomic E-state index is 5.29. The predicted octanol–water partition coefficient (Wildman–Crippen LogP) is 0.315. The zero-order valence-electron chi connectivity index (χ0n) is 8.62. The molecule has 2 aliphatic rings.